The third-order valence-corrected chi connectivity index (χ3v) is 4.82. The number of thioether (sulfide) groups is 1. The summed E-state index contributed by atoms with van der Waals surface area (Å²) in [6, 6.07) is 20.8. The normalized spacial score (nSPS) is 11.4. The molecule has 1 heterocycles. The number of rotatable bonds is 5. The van der Waals surface area contributed by atoms with Gasteiger partial charge in [0.2, 0.25) is 5.91 Å². The van der Waals surface area contributed by atoms with E-state index in [0.29, 0.717) is 16.4 Å². The number of nitriles is 1. The van der Waals surface area contributed by atoms with Gasteiger partial charge in [-0.2, -0.15) is 5.26 Å². The minimum Gasteiger partial charge on any atom is -0.324 e. The van der Waals surface area contributed by atoms with Crippen LogP contribution in [0.15, 0.2) is 65.8 Å². The van der Waals surface area contributed by atoms with Crippen LogP contribution in [0, 0.1) is 18.3 Å². The summed E-state index contributed by atoms with van der Waals surface area (Å²) in [6.45, 7) is 3.70. The molecule has 2 aromatic carbocycles. The number of nitrogens with zero attached hydrogens (tertiary/aromatic N) is 3. The van der Waals surface area contributed by atoms with Crippen LogP contribution in [-0.2, 0) is 4.79 Å². The molecule has 0 unspecified atom stereocenters. The largest absolute Gasteiger partial charge is 0.324 e. The van der Waals surface area contributed by atoms with E-state index in [1.54, 1.807) is 31.2 Å². The topological polar surface area (TPSA) is 78.7 Å². The SMILES string of the molecule is Cc1cc(-c2ccccc2)nc(S[C@H](C)C(=O)Nc2ccccc2C#N)n1. The Morgan fingerprint density at radius 2 is 1.81 bits per heavy atom. The number of nitrogens with one attached hydrogen (secondary N) is 1. The smallest absolute Gasteiger partial charge is 0.237 e. The van der Waals surface area contributed by atoms with Crippen molar-refractivity contribution in [1.82, 2.24) is 9.97 Å². The molecule has 134 valence electrons. The number of hydrogen-bond acceptors (Lipinski definition) is 5. The molecule has 0 bridgehead atoms. The molecule has 3 rings (SSSR count). The first kappa shape index (κ1) is 18.6. The first-order chi connectivity index (χ1) is 13.1. The molecule has 1 N–H and O–H groups in total. The summed E-state index contributed by atoms with van der Waals surface area (Å²) in [5.41, 5.74) is 3.61. The zero-order chi connectivity index (χ0) is 19.2. The minimum atomic E-state index is -0.415. The number of amides is 1. The summed E-state index contributed by atoms with van der Waals surface area (Å²) in [6.07, 6.45) is 0. The molecule has 27 heavy (non-hydrogen) atoms. The first-order valence-corrected chi connectivity index (χ1v) is 9.32. The summed E-state index contributed by atoms with van der Waals surface area (Å²) in [5.74, 6) is -0.200. The van der Waals surface area contributed by atoms with Crippen molar-refractivity contribution in [2.45, 2.75) is 24.3 Å². The number of hydrogen-bond donors (Lipinski definition) is 1. The van der Waals surface area contributed by atoms with Crippen LogP contribution in [0.4, 0.5) is 5.69 Å². The van der Waals surface area contributed by atoms with E-state index >= 15 is 0 Å². The molecule has 5 nitrogen and oxygen atoms in total. The molecule has 0 aliphatic carbocycles. The van der Waals surface area contributed by atoms with Crippen LogP contribution in [0.25, 0.3) is 11.3 Å². The summed E-state index contributed by atoms with van der Waals surface area (Å²) in [4.78, 5) is 21.6. The van der Waals surface area contributed by atoms with Crippen molar-refractivity contribution in [3.8, 4) is 17.3 Å². The highest BCUT2D eigenvalue weighted by Gasteiger charge is 2.18. The summed E-state index contributed by atoms with van der Waals surface area (Å²) < 4.78 is 0. The zero-order valence-electron chi connectivity index (χ0n) is 15.0. The third kappa shape index (κ3) is 4.72. The lowest BCUT2D eigenvalue weighted by Gasteiger charge is -2.13. The van der Waals surface area contributed by atoms with Crippen molar-refractivity contribution >= 4 is 23.4 Å². The molecule has 0 spiro atoms. The van der Waals surface area contributed by atoms with E-state index in [1.807, 2.05) is 43.3 Å². The molecule has 1 amide bonds. The van der Waals surface area contributed by atoms with Crippen molar-refractivity contribution in [1.29, 1.82) is 5.26 Å². The summed E-state index contributed by atoms with van der Waals surface area (Å²) in [7, 11) is 0. The molecule has 0 aliphatic rings. The molecule has 1 aromatic heterocycles. The fraction of sp³-hybridized carbons (Fsp3) is 0.143. The molecular formula is C21H18N4OS. The molecule has 6 heteroatoms. The third-order valence-electron chi connectivity index (χ3n) is 3.86. The lowest BCUT2D eigenvalue weighted by molar-refractivity contribution is -0.115. The maximum absolute atomic E-state index is 12.5. The Labute approximate surface area is 162 Å². The van der Waals surface area contributed by atoms with Crippen LogP contribution < -0.4 is 5.32 Å². The average molecular weight is 374 g/mol. The molecule has 0 radical (unpaired) electrons. The molecule has 0 saturated carbocycles. The zero-order valence-corrected chi connectivity index (χ0v) is 15.8. The number of anilines is 1. The maximum atomic E-state index is 12.5. The van der Waals surface area contributed by atoms with Crippen LogP contribution in [0.3, 0.4) is 0 Å². The van der Waals surface area contributed by atoms with Crippen LogP contribution >= 0.6 is 11.8 Å². The first-order valence-electron chi connectivity index (χ1n) is 8.44. The van der Waals surface area contributed by atoms with E-state index in [4.69, 9.17) is 5.26 Å². The number of aromatic nitrogens is 2. The predicted molar refractivity (Wildman–Crippen MR) is 107 cm³/mol. The summed E-state index contributed by atoms with van der Waals surface area (Å²) >= 11 is 1.29. The predicted octanol–water partition coefficient (Wildman–Crippen LogP) is 4.44. The Kier molecular flexibility index (Phi) is 5.84. The second-order valence-corrected chi connectivity index (χ2v) is 7.26. The Morgan fingerprint density at radius 1 is 1.11 bits per heavy atom. The second-order valence-electron chi connectivity index (χ2n) is 5.95. The Hall–Kier alpha value is -3.17. The number of carbonyl (C=O) groups is 1. The fourth-order valence-electron chi connectivity index (χ4n) is 2.49. The molecule has 3 aromatic rings. The van der Waals surface area contributed by atoms with Crippen molar-refractivity contribution in [2.24, 2.45) is 0 Å². The van der Waals surface area contributed by atoms with E-state index in [0.717, 1.165) is 17.0 Å². The van der Waals surface area contributed by atoms with Crippen molar-refractivity contribution in [3.05, 3.63) is 71.9 Å². The van der Waals surface area contributed by atoms with E-state index in [2.05, 4.69) is 21.4 Å². The van der Waals surface area contributed by atoms with Crippen molar-refractivity contribution < 1.29 is 4.79 Å². The van der Waals surface area contributed by atoms with Gasteiger partial charge in [-0.15, -0.1) is 0 Å². The lowest BCUT2D eigenvalue weighted by atomic mass is 10.1. The van der Waals surface area contributed by atoms with Crippen molar-refractivity contribution in [3.63, 3.8) is 0 Å². The van der Waals surface area contributed by atoms with Gasteiger partial charge in [0.15, 0.2) is 5.16 Å². The molecule has 0 fully saturated rings. The van der Waals surface area contributed by atoms with Gasteiger partial charge in [-0.1, -0.05) is 54.2 Å². The molecule has 1 atom stereocenters. The molecular weight excluding hydrogens is 356 g/mol. The second kappa shape index (κ2) is 8.47. The van der Waals surface area contributed by atoms with Gasteiger partial charge in [-0.05, 0) is 32.0 Å². The van der Waals surface area contributed by atoms with E-state index in [1.165, 1.54) is 11.8 Å². The minimum absolute atomic E-state index is 0.200. The van der Waals surface area contributed by atoms with Crippen LogP contribution in [0.5, 0.6) is 0 Å². The van der Waals surface area contributed by atoms with Gasteiger partial charge in [-0.3, -0.25) is 4.79 Å². The quantitative estimate of drug-likeness (QED) is 0.527. The highest BCUT2D eigenvalue weighted by Crippen LogP contribution is 2.25. The molecule has 0 aliphatic heterocycles. The number of benzene rings is 2. The Balaban J connectivity index is 1.76. The highest BCUT2D eigenvalue weighted by molar-refractivity contribution is 8.00. The highest BCUT2D eigenvalue weighted by atomic mass is 32.2. The van der Waals surface area contributed by atoms with Gasteiger partial charge < -0.3 is 5.32 Å². The van der Waals surface area contributed by atoms with Crippen LogP contribution in [0.1, 0.15) is 18.2 Å². The summed E-state index contributed by atoms with van der Waals surface area (Å²) in [5, 5.41) is 12.1. The van der Waals surface area contributed by atoms with Crippen LogP contribution in [-0.4, -0.2) is 21.1 Å². The van der Waals surface area contributed by atoms with Gasteiger partial charge in [-0.25, -0.2) is 9.97 Å². The molecule has 0 saturated heterocycles. The van der Waals surface area contributed by atoms with Gasteiger partial charge in [0.05, 0.1) is 22.2 Å². The van der Waals surface area contributed by atoms with E-state index < -0.39 is 5.25 Å². The van der Waals surface area contributed by atoms with E-state index in [9.17, 15) is 4.79 Å². The number of aryl methyl sites for hydroxylation is 1. The standard InChI is InChI=1S/C21H18N4OS/c1-14-12-19(16-8-4-3-5-9-16)25-21(23-14)27-15(2)20(26)24-18-11-7-6-10-17(18)13-22/h3-12,15H,1-2H3,(H,24,26)/t15-/m1/s1. The Bertz CT molecular complexity index is 999. The maximum Gasteiger partial charge on any atom is 0.237 e. The van der Waals surface area contributed by atoms with Gasteiger partial charge in [0.1, 0.15) is 6.07 Å². The van der Waals surface area contributed by atoms with Gasteiger partial charge in [0.25, 0.3) is 0 Å². The van der Waals surface area contributed by atoms with Crippen molar-refractivity contribution in [2.75, 3.05) is 5.32 Å². The average Bonchev–Trinajstić information content (AvgIpc) is 2.68. The Morgan fingerprint density at radius 3 is 2.56 bits per heavy atom. The van der Waals surface area contributed by atoms with Crippen LogP contribution in [0.2, 0.25) is 0 Å². The number of para-hydroxylation sites is 1. The lowest BCUT2D eigenvalue weighted by Crippen LogP contribution is -2.23. The van der Waals surface area contributed by atoms with Gasteiger partial charge >= 0.3 is 0 Å². The van der Waals surface area contributed by atoms with E-state index in [-0.39, 0.29) is 5.91 Å². The van der Waals surface area contributed by atoms with Gasteiger partial charge in [0, 0.05) is 11.3 Å². The fourth-order valence-corrected chi connectivity index (χ4v) is 3.32. The monoisotopic (exact) mass is 374 g/mol. The number of carbonyl (C=O) groups excluding carboxylic acids is 1.